The van der Waals surface area contributed by atoms with Crippen molar-refractivity contribution in [1.82, 2.24) is 10.6 Å². The molecule has 21 heavy (non-hydrogen) atoms. The highest BCUT2D eigenvalue weighted by Crippen LogP contribution is 2.27. The van der Waals surface area contributed by atoms with Gasteiger partial charge >= 0.3 is 6.03 Å². The van der Waals surface area contributed by atoms with Gasteiger partial charge in [0.2, 0.25) is 5.91 Å². The molecule has 1 aromatic carbocycles. The molecule has 0 aliphatic carbocycles. The number of hydrogen-bond acceptors (Lipinski definition) is 2. The van der Waals surface area contributed by atoms with E-state index in [2.05, 4.69) is 10.6 Å². The molecular weight excluding hydrogens is 266 g/mol. The quantitative estimate of drug-likeness (QED) is 0.871. The van der Waals surface area contributed by atoms with E-state index in [1.165, 1.54) is 5.56 Å². The molecule has 1 aromatic rings. The Morgan fingerprint density at radius 1 is 1.33 bits per heavy atom. The van der Waals surface area contributed by atoms with Gasteiger partial charge in [-0.1, -0.05) is 25.1 Å². The third kappa shape index (κ3) is 3.97. The zero-order valence-electron chi connectivity index (χ0n) is 12.7. The van der Waals surface area contributed by atoms with E-state index in [9.17, 15) is 9.59 Å². The molecule has 5 nitrogen and oxygen atoms in total. The van der Waals surface area contributed by atoms with E-state index in [1.807, 2.05) is 38.1 Å². The lowest BCUT2D eigenvalue weighted by molar-refractivity contribution is -0.121. The van der Waals surface area contributed by atoms with Crippen LogP contribution in [0.3, 0.4) is 0 Å². The number of fused-ring (bicyclic) bond motifs is 1. The van der Waals surface area contributed by atoms with Crippen LogP contribution in [0, 0.1) is 0 Å². The molecule has 3 amide bonds. The number of nitrogens with one attached hydrogen (secondary N) is 2. The average Bonchev–Trinajstić information content (AvgIpc) is 2.91. The number of carbonyl (C=O) groups excluding carboxylic acids is 2. The normalized spacial score (nSPS) is 14.5. The Morgan fingerprint density at radius 2 is 2.10 bits per heavy atom. The first-order valence-corrected chi connectivity index (χ1v) is 7.54. The molecule has 114 valence electrons. The van der Waals surface area contributed by atoms with E-state index in [4.69, 9.17) is 0 Å². The molecule has 0 radical (unpaired) electrons. The van der Waals surface area contributed by atoms with Gasteiger partial charge in [0.25, 0.3) is 0 Å². The predicted octanol–water partition coefficient (Wildman–Crippen LogP) is 2.06. The monoisotopic (exact) mass is 289 g/mol. The fourth-order valence-electron chi connectivity index (χ4n) is 2.38. The Labute approximate surface area is 125 Å². The molecule has 0 saturated carbocycles. The molecule has 2 rings (SSSR count). The van der Waals surface area contributed by atoms with Crippen molar-refractivity contribution in [3.63, 3.8) is 0 Å². The van der Waals surface area contributed by atoms with Crippen LogP contribution < -0.4 is 15.5 Å². The molecule has 1 heterocycles. The smallest absolute Gasteiger partial charge is 0.321 e. The van der Waals surface area contributed by atoms with Gasteiger partial charge in [0.15, 0.2) is 0 Å². The lowest BCUT2D eigenvalue weighted by Crippen LogP contribution is -2.41. The van der Waals surface area contributed by atoms with Crippen molar-refractivity contribution in [2.75, 3.05) is 18.0 Å². The van der Waals surface area contributed by atoms with Crippen LogP contribution in [-0.4, -0.2) is 31.1 Å². The van der Waals surface area contributed by atoms with Crippen LogP contribution in [0.4, 0.5) is 10.5 Å². The summed E-state index contributed by atoms with van der Waals surface area (Å²) in [5.41, 5.74) is 2.17. The van der Waals surface area contributed by atoms with E-state index < -0.39 is 0 Å². The highest BCUT2D eigenvalue weighted by Gasteiger charge is 2.23. The number of nitrogens with zero attached hydrogens (tertiary/aromatic N) is 1. The summed E-state index contributed by atoms with van der Waals surface area (Å²) in [5, 5.41) is 5.70. The Morgan fingerprint density at radius 3 is 2.86 bits per heavy atom. The molecule has 2 N–H and O–H groups in total. The fraction of sp³-hybridized carbons (Fsp3) is 0.500. The molecule has 1 aliphatic heterocycles. The first-order chi connectivity index (χ1) is 10.1. The number of carbonyl (C=O) groups is 2. The third-order valence-corrected chi connectivity index (χ3v) is 3.78. The zero-order valence-corrected chi connectivity index (χ0v) is 12.7. The molecule has 0 saturated heterocycles. The highest BCUT2D eigenvalue weighted by atomic mass is 16.2. The first-order valence-electron chi connectivity index (χ1n) is 7.54. The van der Waals surface area contributed by atoms with Crippen molar-refractivity contribution < 1.29 is 9.59 Å². The molecule has 1 aliphatic rings. The van der Waals surface area contributed by atoms with E-state index in [0.29, 0.717) is 19.5 Å². The number of para-hydroxylation sites is 1. The number of urea groups is 1. The van der Waals surface area contributed by atoms with Crippen molar-refractivity contribution >= 4 is 17.6 Å². The summed E-state index contributed by atoms with van der Waals surface area (Å²) in [6, 6.07) is 7.97. The van der Waals surface area contributed by atoms with Gasteiger partial charge in [-0.05, 0) is 31.4 Å². The molecular formula is C16H23N3O2. The molecule has 0 unspecified atom stereocenters. The maximum absolute atomic E-state index is 12.2. The van der Waals surface area contributed by atoms with Crippen LogP contribution >= 0.6 is 0 Å². The lowest BCUT2D eigenvalue weighted by Gasteiger charge is -2.18. The van der Waals surface area contributed by atoms with Crippen LogP contribution in [0.1, 0.15) is 32.3 Å². The van der Waals surface area contributed by atoms with E-state index in [-0.39, 0.29) is 18.0 Å². The second-order valence-electron chi connectivity index (χ2n) is 5.39. The number of anilines is 1. The number of hydrogen-bond donors (Lipinski definition) is 2. The van der Waals surface area contributed by atoms with Gasteiger partial charge in [-0.25, -0.2) is 4.79 Å². The van der Waals surface area contributed by atoms with E-state index >= 15 is 0 Å². The number of amides is 3. The van der Waals surface area contributed by atoms with Gasteiger partial charge in [-0.2, -0.15) is 0 Å². The van der Waals surface area contributed by atoms with Gasteiger partial charge in [-0.3, -0.25) is 9.69 Å². The third-order valence-electron chi connectivity index (χ3n) is 3.78. The van der Waals surface area contributed by atoms with Crippen LogP contribution in [0.15, 0.2) is 24.3 Å². The van der Waals surface area contributed by atoms with Gasteiger partial charge < -0.3 is 10.6 Å². The minimum absolute atomic E-state index is 0.0218. The lowest BCUT2D eigenvalue weighted by atomic mass is 10.2. The van der Waals surface area contributed by atoms with Crippen molar-refractivity contribution in [1.29, 1.82) is 0 Å². The van der Waals surface area contributed by atoms with Crippen molar-refractivity contribution in [2.24, 2.45) is 0 Å². The van der Waals surface area contributed by atoms with Gasteiger partial charge in [0, 0.05) is 31.2 Å². The largest absolute Gasteiger partial charge is 0.354 e. The molecule has 1 atom stereocenters. The van der Waals surface area contributed by atoms with Crippen LogP contribution in [-0.2, 0) is 11.2 Å². The van der Waals surface area contributed by atoms with E-state index in [0.717, 1.165) is 18.5 Å². The van der Waals surface area contributed by atoms with Crippen molar-refractivity contribution in [3.05, 3.63) is 29.8 Å². The SMILES string of the molecule is CC[C@H](C)NC(=O)CCNC(=O)N1CCc2ccccc21. The molecule has 0 aromatic heterocycles. The van der Waals surface area contributed by atoms with Crippen LogP contribution in [0.25, 0.3) is 0 Å². The minimum atomic E-state index is -0.128. The van der Waals surface area contributed by atoms with Crippen LogP contribution in [0.2, 0.25) is 0 Å². The average molecular weight is 289 g/mol. The summed E-state index contributed by atoms with van der Waals surface area (Å²) in [4.78, 5) is 25.5. The van der Waals surface area contributed by atoms with Crippen molar-refractivity contribution in [3.8, 4) is 0 Å². The second kappa shape index (κ2) is 7.11. The number of benzene rings is 1. The zero-order chi connectivity index (χ0) is 15.2. The Balaban J connectivity index is 1.77. The first kappa shape index (κ1) is 15.4. The Kier molecular flexibility index (Phi) is 5.20. The van der Waals surface area contributed by atoms with Gasteiger partial charge in [0.05, 0.1) is 0 Å². The minimum Gasteiger partial charge on any atom is -0.354 e. The number of rotatable bonds is 5. The Hall–Kier alpha value is -2.04. The summed E-state index contributed by atoms with van der Waals surface area (Å²) in [5.74, 6) is -0.0218. The molecule has 0 fully saturated rings. The topological polar surface area (TPSA) is 61.4 Å². The van der Waals surface area contributed by atoms with E-state index in [1.54, 1.807) is 4.90 Å². The summed E-state index contributed by atoms with van der Waals surface area (Å²) in [6.07, 6.45) is 2.10. The van der Waals surface area contributed by atoms with Crippen molar-refractivity contribution in [2.45, 2.75) is 39.2 Å². The maximum atomic E-state index is 12.2. The highest BCUT2D eigenvalue weighted by molar-refractivity contribution is 5.94. The van der Waals surface area contributed by atoms with Crippen LogP contribution in [0.5, 0.6) is 0 Å². The molecule has 5 heteroatoms. The second-order valence-corrected chi connectivity index (χ2v) is 5.39. The standard InChI is InChI=1S/C16H23N3O2/c1-3-12(2)18-15(20)8-10-17-16(21)19-11-9-13-6-4-5-7-14(13)19/h4-7,12H,3,8-11H2,1-2H3,(H,17,21)(H,18,20)/t12-/m0/s1. The Bertz CT molecular complexity index is 516. The fourth-order valence-corrected chi connectivity index (χ4v) is 2.38. The predicted molar refractivity (Wildman–Crippen MR) is 83.4 cm³/mol. The molecule has 0 spiro atoms. The van der Waals surface area contributed by atoms with Gasteiger partial charge in [0.1, 0.15) is 0 Å². The summed E-state index contributed by atoms with van der Waals surface area (Å²) >= 11 is 0. The maximum Gasteiger partial charge on any atom is 0.321 e. The van der Waals surface area contributed by atoms with Gasteiger partial charge in [-0.15, -0.1) is 0 Å². The summed E-state index contributed by atoms with van der Waals surface area (Å²) in [7, 11) is 0. The summed E-state index contributed by atoms with van der Waals surface area (Å²) in [6.45, 7) is 5.05. The molecule has 0 bridgehead atoms. The summed E-state index contributed by atoms with van der Waals surface area (Å²) < 4.78 is 0.